The summed E-state index contributed by atoms with van der Waals surface area (Å²) in [4.78, 5) is 0. The van der Waals surface area contributed by atoms with E-state index in [1.54, 1.807) is 0 Å². The van der Waals surface area contributed by atoms with Crippen molar-refractivity contribution in [2.45, 2.75) is 25.8 Å². The molecule has 0 spiro atoms. The van der Waals surface area contributed by atoms with Crippen LogP contribution in [0.5, 0.6) is 0 Å². The first kappa shape index (κ1) is 9.75. The highest BCUT2D eigenvalue weighted by atomic mass is 79.9. The third-order valence-electron chi connectivity index (χ3n) is 1.90. The molecular weight excluding hydrogens is 214 g/mol. The molecule has 0 aliphatic carbocycles. The molecule has 0 radical (unpaired) electrons. The molecule has 1 atom stereocenters. The Balaban J connectivity index is 2.79. The Kier molecular flexibility index (Phi) is 3.76. The van der Waals surface area contributed by atoms with Crippen LogP contribution >= 0.6 is 15.9 Å². The molecule has 1 nitrogen and oxygen atoms in total. The summed E-state index contributed by atoms with van der Waals surface area (Å²) < 4.78 is 1.12. The van der Waals surface area contributed by atoms with Gasteiger partial charge in [-0.05, 0) is 18.1 Å². The summed E-state index contributed by atoms with van der Waals surface area (Å²) in [5.41, 5.74) is 7.18. The van der Waals surface area contributed by atoms with Crippen molar-refractivity contribution < 1.29 is 0 Å². The van der Waals surface area contributed by atoms with E-state index in [2.05, 4.69) is 28.9 Å². The molecule has 0 amide bonds. The summed E-state index contributed by atoms with van der Waals surface area (Å²) in [5, 5.41) is 0. The summed E-state index contributed by atoms with van der Waals surface area (Å²) in [7, 11) is 0. The van der Waals surface area contributed by atoms with Gasteiger partial charge in [-0.3, -0.25) is 0 Å². The minimum Gasteiger partial charge on any atom is -0.324 e. The average molecular weight is 228 g/mol. The molecule has 2 heteroatoms. The molecule has 0 aliphatic heterocycles. The molecule has 1 aromatic carbocycles. The Bertz CT molecular complexity index is 247. The number of hydrogen-bond acceptors (Lipinski definition) is 1. The van der Waals surface area contributed by atoms with Gasteiger partial charge < -0.3 is 5.73 Å². The first-order chi connectivity index (χ1) is 5.75. The number of nitrogens with two attached hydrogens (primary N) is 1. The highest BCUT2D eigenvalue weighted by molar-refractivity contribution is 9.10. The van der Waals surface area contributed by atoms with Crippen LogP contribution in [0.1, 0.15) is 31.4 Å². The molecule has 0 fully saturated rings. The normalized spacial score (nSPS) is 12.9. The average Bonchev–Trinajstić information content (AvgIpc) is 2.05. The summed E-state index contributed by atoms with van der Waals surface area (Å²) in [6, 6.07) is 8.31. The highest BCUT2D eigenvalue weighted by Crippen LogP contribution is 2.23. The lowest BCUT2D eigenvalue weighted by Gasteiger charge is -2.11. The first-order valence-corrected chi connectivity index (χ1v) is 5.05. The van der Waals surface area contributed by atoms with Crippen LogP contribution in [0, 0.1) is 0 Å². The molecule has 0 aliphatic rings. The van der Waals surface area contributed by atoms with Gasteiger partial charge in [-0.25, -0.2) is 0 Å². The van der Waals surface area contributed by atoms with E-state index in [1.165, 1.54) is 5.56 Å². The summed E-state index contributed by atoms with van der Waals surface area (Å²) in [5.74, 6) is 0. The lowest BCUT2D eigenvalue weighted by atomic mass is 10.0. The Morgan fingerprint density at radius 1 is 1.42 bits per heavy atom. The number of hydrogen-bond donors (Lipinski definition) is 1. The fourth-order valence-electron chi connectivity index (χ4n) is 1.24. The van der Waals surface area contributed by atoms with E-state index >= 15 is 0 Å². The van der Waals surface area contributed by atoms with Gasteiger partial charge in [0.1, 0.15) is 0 Å². The molecule has 0 saturated heterocycles. The van der Waals surface area contributed by atoms with Crippen LogP contribution in [0.3, 0.4) is 0 Å². The van der Waals surface area contributed by atoms with Crippen molar-refractivity contribution in [3.05, 3.63) is 34.3 Å². The fraction of sp³-hybridized carbons (Fsp3) is 0.400. The maximum absolute atomic E-state index is 5.98. The zero-order valence-corrected chi connectivity index (χ0v) is 8.84. The SMILES string of the molecule is CCC[C@@H](N)c1ccccc1Br. The van der Waals surface area contributed by atoms with Gasteiger partial charge in [0.05, 0.1) is 0 Å². The Morgan fingerprint density at radius 2 is 2.08 bits per heavy atom. The molecule has 2 N–H and O–H groups in total. The van der Waals surface area contributed by atoms with Crippen molar-refractivity contribution in [2.75, 3.05) is 0 Å². The Labute approximate surface area is 82.1 Å². The van der Waals surface area contributed by atoms with Gasteiger partial charge in [0.15, 0.2) is 0 Å². The van der Waals surface area contributed by atoms with Crippen molar-refractivity contribution >= 4 is 15.9 Å². The zero-order valence-electron chi connectivity index (χ0n) is 7.26. The molecular formula is C10H14BrN. The van der Waals surface area contributed by atoms with Gasteiger partial charge in [0.25, 0.3) is 0 Å². The van der Waals surface area contributed by atoms with E-state index in [0.29, 0.717) is 0 Å². The molecule has 1 rings (SSSR count). The lowest BCUT2D eigenvalue weighted by Crippen LogP contribution is -2.09. The minimum atomic E-state index is 0.172. The summed E-state index contributed by atoms with van der Waals surface area (Å²) in [6.07, 6.45) is 2.17. The van der Waals surface area contributed by atoms with Crippen LogP contribution < -0.4 is 5.73 Å². The van der Waals surface area contributed by atoms with Crippen LogP contribution in [-0.4, -0.2) is 0 Å². The van der Waals surface area contributed by atoms with E-state index in [9.17, 15) is 0 Å². The second-order valence-electron chi connectivity index (χ2n) is 2.92. The predicted molar refractivity (Wildman–Crippen MR) is 56.0 cm³/mol. The van der Waals surface area contributed by atoms with Gasteiger partial charge in [-0.15, -0.1) is 0 Å². The summed E-state index contributed by atoms with van der Waals surface area (Å²) >= 11 is 3.49. The van der Waals surface area contributed by atoms with Crippen LogP contribution in [0.25, 0.3) is 0 Å². The Morgan fingerprint density at radius 3 is 2.67 bits per heavy atom. The van der Waals surface area contributed by atoms with E-state index in [4.69, 9.17) is 5.73 Å². The maximum atomic E-state index is 5.98. The second kappa shape index (κ2) is 4.63. The van der Waals surface area contributed by atoms with Crippen molar-refractivity contribution in [1.29, 1.82) is 0 Å². The number of rotatable bonds is 3. The standard InChI is InChI=1S/C10H14BrN/c1-2-5-10(12)8-6-3-4-7-9(8)11/h3-4,6-7,10H,2,5,12H2,1H3/t10-/m1/s1. The molecule has 0 saturated carbocycles. The summed E-state index contributed by atoms with van der Waals surface area (Å²) in [6.45, 7) is 2.15. The van der Waals surface area contributed by atoms with E-state index in [1.807, 2.05) is 18.2 Å². The third kappa shape index (κ3) is 2.32. The largest absolute Gasteiger partial charge is 0.324 e. The molecule has 0 unspecified atom stereocenters. The molecule has 1 aromatic rings. The van der Waals surface area contributed by atoms with Crippen molar-refractivity contribution in [3.8, 4) is 0 Å². The maximum Gasteiger partial charge on any atom is 0.0305 e. The molecule has 0 bridgehead atoms. The fourth-order valence-corrected chi connectivity index (χ4v) is 1.82. The van der Waals surface area contributed by atoms with Crippen molar-refractivity contribution in [1.82, 2.24) is 0 Å². The topological polar surface area (TPSA) is 26.0 Å². The Hall–Kier alpha value is -0.340. The van der Waals surface area contributed by atoms with Gasteiger partial charge in [-0.2, -0.15) is 0 Å². The number of benzene rings is 1. The zero-order chi connectivity index (χ0) is 8.97. The smallest absolute Gasteiger partial charge is 0.0305 e. The van der Waals surface area contributed by atoms with Crippen LogP contribution in [0.4, 0.5) is 0 Å². The van der Waals surface area contributed by atoms with Gasteiger partial charge in [0.2, 0.25) is 0 Å². The highest BCUT2D eigenvalue weighted by Gasteiger charge is 2.06. The first-order valence-electron chi connectivity index (χ1n) is 4.25. The van der Waals surface area contributed by atoms with Gasteiger partial charge >= 0.3 is 0 Å². The molecule has 12 heavy (non-hydrogen) atoms. The van der Waals surface area contributed by atoms with Crippen LogP contribution in [-0.2, 0) is 0 Å². The van der Waals surface area contributed by atoms with Crippen molar-refractivity contribution in [3.63, 3.8) is 0 Å². The quantitative estimate of drug-likeness (QED) is 0.844. The van der Waals surface area contributed by atoms with Gasteiger partial charge in [-0.1, -0.05) is 47.5 Å². The van der Waals surface area contributed by atoms with E-state index < -0.39 is 0 Å². The van der Waals surface area contributed by atoms with Crippen molar-refractivity contribution in [2.24, 2.45) is 5.73 Å². The lowest BCUT2D eigenvalue weighted by molar-refractivity contribution is 0.636. The van der Waals surface area contributed by atoms with E-state index in [-0.39, 0.29) is 6.04 Å². The van der Waals surface area contributed by atoms with Crippen LogP contribution in [0.15, 0.2) is 28.7 Å². The second-order valence-corrected chi connectivity index (χ2v) is 3.77. The number of halogens is 1. The monoisotopic (exact) mass is 227 g/mol. The predicted octanol–water partition coefficient (Wildman–Crippen LogP) is 3.25. The molecule has 0 aromatic heterocycles. The van der Waals surface area contributed by atoms with Gasteiger partial charge in [0, 0.05) is 10.5 Å². The van der Waals surface area contributed by atoms with E-state index in [0.717, 1.165) is 17.3 Å². The third-order valence-corrected chi connectivity index (χ3v) is 2.63. The molecule has 0 heterocycles. The van der Waals surface area contributed by atoms with Crippen LogP contribution in [0.2, 0.25) is 0 Å². The minimum absolute atomic E-state index is 0.172. The molecule has 66 valence electrons.